The molecule has 0 saturated heterocycles. The molecule has 1 N–H and O–H groups in total. The van der Waals surface area contributed by atoms with E-state index in [0.29, 0.717) is 39.0 Å². The molecular weight excluding hydrogens is 433 g/mol. The number of hydrazone groups is 1. The summed E-state index contributed by atoms with van der Waals surface area (Å²) in [6.07, 6.45) is 1.65. The Kier molecular flexibility index (Phi) is 7.19. The number of nitrogens with one attached hydrogen (secondary N) is 1. The second-order valence-corrected chi connectivity index (χ2v) is 7.42. The molecule has 0 spiro atoms. The first-order valence-corrected chi connectivity index (χ1v) is 10.3. The highest BCUT2D eigenvalue weighted by Crippen LogP contribution is 2.38. The lowest BCUT2D eigenvalue weighted by atomic mass is 10.2. The molecule has 6 nitrogen and oxygen atoms in total. The molecule has 0 unspecified atom stereocenters. The van der Waals surface area contributed by atoms with E-state index in [2.05, 4.69) is 15.5 Å². The Balaban J connectivity index is 1.76. The number of rotatable bonds is 8. The van der Waals surface area contributed by atoms with Gasteiger partial charge in [-0.2, -0.15) is 5.10 Å². The van der Waals surface area contributed by atoms with Crippen LogP contribution >= 0.6 is 34.5 Å². The molecule has 0 aliphatic carbocycles. The van der Waals surface area contributed by atoms with Gasteiger partial charge in [-0.05, 0) is 37.3 Å². The lowest BCUT2D eigenvalue weighted by molar-refractivity contribution is 0.288. The number of thiazole rings is 1. The van der Waals surface area contributed by atoms with Crippen LogP contribution in [0.3, 0.4) is 0 Å². The Bertz CT molecular complexity index is 999. The Morgan fingerprint density at radius 2 is 1.86 bits per heavy atom. The molecule has 0 aliphatic heterocycles. The van der Waals surface area contributed by atoms with Crippen LogP contribution in [0.2, 0.25) is 10.0 Å². The smallest absolute Gasteiger partial charge is 0.203 e. The Morgan fingerprint density at radius 1 is 1.14 bits per heavy atom. The number of halogens is 2. The summed E-state index contributed by atoms with van der Waals surface area (Å²) in [5.74, 6) is 1.70. The van der Waals surface area contributed by atoms with Gasteiger partial charge in [-0.25, -0.2) is 4.98 Å². The second-order valence-electron chi connectivity index (χ2n) is 5.72. The fourth-order valence-electron chi connectivity index (χ4n) is 2.57. The number of ether oxygens (including phenoxy) is 3. The molecule has 0 atom stereocenters. The third kappa shape index (κ3) is 5.12. The van der Waals surface area contributed by atoms with Crippen LogP contribution in [0.4, 0.5) is 5.13 Å². The maximum Gasteiger partial charge on any atom is 0.203 e. The van der Waals surface area contributed by atoms with E-state index in [1.165, 1.54) is 11.3 Å². The molecular formula is C20H19Cl2N3O3S. The first-order chi connectivity index (χ1) is 14.0. The predicted octanol–water partition coefficient (Wildman–Crippen LogP) is 5.98. The first kappa shape index (κ1) is 21.2. The fraction of sp³-hybridized carbons (Fsp3) is 0.200. The second kappa shape index (κ2) is 9.82. The van der Waals surface area contributed by atoms with E-state index >= 15 is 0 Å². The minimum absolute atomic E-state index is 0.506. The van der Waals surface area contributed by atoms with Crippen LogP contribution in [0, 0.1) is 0 Å². The van der Waals surface area contributed by atoms with E-state index in [4.69, 9.17) is 37.4 Å². The third-order valence-corrected chi connectivity index (χ3v) is 5.15. The van der Waals surface area contributed by atoms with Crippen molar-refractivity contribution in [1.29, 1.82) is 0 Å². The highest BCUT2D eigenvalue weighted by Gasteiger charge is 2.13. The van der Waals surface area contributed by atoms with E-state index < -0.39 is 0 Å². The largest absolute Gasteiger partial charge is 0.493 e. The average molecular weight is 452 g/mol. The molecule has 0 bridgehead atoms. The summed E-state index contributed by atoms with van der Waals surface area (Å²) in [5, 5.41) is 7.91. The quantitative estimate of drug-likeness (QED) is 0.337. The Labute approximate surface area is 183 Å². The summed E-state index contributed by atoms with van der Waals surface area (Å²) in [6.45, 7) is 2.41. The van der Waals surface area contributed by atoms with E-state index in [1.807, 2.05) is 30.5 Å². The van der Waals surface area contributed by atoms with Gasteiger partial charge in [0.15, 0.2) is 11.5 Å². The van der Waals surface area contributed by atoms with Crippen LogP contribution in [-0.2, 0) is 0 Å². The lowest BCUT2D eigenvalue weighted by Crippen LogP contribution is -2.00. The van der Waals surface area contributed by atoms with Crippen molar-refractivity contribution in [2.75, 3.05) is 26.3 Å². The zero-order chi connectivity index (χ0) is 20.8. The number of methoxy groups -OCH3 is 2. The van der Waals surface area contributed by atoms with Crippen LogP contribution in [0.25, 0.3) is 11.3 Å². The number of hydrogen-bond acceptors (Lipinski definition) is 7. The SMILES string of the molecule is CCOc1c(OC)cc(/C=N/Nc2nc(-c3ccc(Cl)cc3Cl)cs2)cc1OC. The summed E-state index contributed by atoms with van der Waals surface area (Å²) >= 11 is 13.6. The molecule has 0 amide bonds. The lowest BCUT2D eigenvalue weighted by Gasteiger charge is -2.14. The van der Waals surface area contributed by atoms with Crippen LogP contribution in [0.1, 0.15) is 12.5 Å². The summed E-state index contributed by atoms with van der Waals surface area (Å²) in [5.41, 5.74) is 5.27. The zero-order valence-corrected chi connectivity index (χ0v) is 18.4. The van der Waals surface area contributed by atoms with E-state index in [1.54, 1.807) is 32.6 Å². The van der Waals surface area contributed by atoms with E-state index in [-0.39, 0.29) is 0 Å². The van der Waals surface area contributed by atoms with Gasteiger partial charge in [-0.3, -0.25) is 5.43 Å². The number of aromatic nitrogens is 1. The number of hydrogen-bond donors (Lipinski definition) is 1. The topological polar surface area (TPSA) is 65.0 Å². The van der Waals surface area contributed by atoms with Crippen molar-refractivity contribution >= 4 is 45.9 Å². The van der Waals surface area contributed by atoms with Crippen LogP contribution < -0.4 is 19.6 Å². The molecule has 1 aromatic heterocycles. The summed E-state index contributed by atoms with van der Waals surface area (Å²) in [4.78, 5) is 4.50. The maximum atomic E-state index is 6.25. The van der Waals surface area contributed by atoms with Gasteiger partial charge in [0.1, 0.15) is 0 Å². The highest BCUT2D eigenvalue weighted by molar-refractivity contribution is 7.14. The van der Waals surface area contributed by atoms with Crippen LogP contribution in [-0.4, -0.2) is 32.0 Å². The molecule has 3 aromatic rings. The van der Waals surface area contributed by atoms with Gasteiger partial charge in [0.05, 0.1) is 37.8 Å². The van der Waals surface area contributed by atoms with Crippen molar-refractivity contribution in [3.05, 3.63) is 51.3 Å². The van der Waals surface area contributed by atoms with Gasteiger partial charge in [0.25, 0.3) is 0 Å². The van der Waals surface area contributed by atoms with Crippen molar-refractivity contribution in [1.82, 2.24) is 4.98 Å². The van der Waals surface area contributed by atoms with Gasteiger partial charge >= 0.3 is 0 Å². The zero-order valence-electron chi connectivity index (χ0n) is 16.0. The van der Waals surface area contributed by atoms with Crippen molar-refractivity contribution in [3.8, 4) is 28.5 Å². The van der Waals surface area contributed by atoms with Gasteiger partial charge in [0.2, 0.25) is 10.9 Å². The molecule has 2 aromatic carbocycles. The van der Waals surface area contributed by atoms with Crippen molar-refractivity contribution in [3.63, 3.8) is 0 Å². The molecule has 0 saturated carbocycles. The van der Waals surface area contributed by atoms with E-state index in [0.717, 1.165) is 16.8 Å². The average Bonchev–Trinajstić information content (AvgIpc) is 3.17. The van der Waals surface area contributed by atoms with Crippen molar-refractivity contribution in [2.24, 2.45) is 5.10 Å². The molecule has 152 valence electrons. The van der Waals surface area contributed by atoms with Crippen LogP contribution in [0.5, 0.6) is 17.2 Å². The maximum absolute atomic E-state index is 6.25. The summed E-state index contributed by atoms with van der Waals surface area (Å²) in [6, 6.07) is 8.94. The number of anilines is 1. The Morgan fingerprint density at radius 3 is 2.48 bits per heavy atom. The predicted molar refractivity (Wildman–Crippen MR) is 120 cm³/mol. The van der Waals surface area contributed by atoms with Gasteiger partial charge in [0, 0.05) is 21.5 Å². The minimum atomic E-state index is 0.506. The summed E-state index contributed by atoms with van der Waals surface area (Å²) < 4.78 is 16.4. The van der Waals surface area contributed by atoms with Crippen LogP contribution in [0.15, 0.2) is 40.8 Å². The van der Waals surface area contributed by atoms with E-state index in [9.17, 15) is 0 Å². The monoisotopic (exact) mass is 451 g/mol. The molecule has 0 radical (unpaired) electrons. The molecule has 0 aliphatic rings. The third-order valence-electron chi connectivity index (χ3n) is 3.86. The number of nitrogens with zero attached hydrogens (tertiary/aromatic N) is 2. The standard InChI is InChI=1S/C20H19Cl2N3O3S/c1-4-28-19-17(26-2)7-12(8-18(19)27-3)10-23-25-20-24-16(11-29-20)14-6-5-13(21)9-15(14)22/h5-11H,4H2,1-3H3,(H,24,25)/b23-10+. The van der Waals surface area contributed by atoms with Gasteiger partial charge < -0.3 is 14.2 Å². The van der Waals surface area contributed by atoms with Crippen molar-refractivity contribution < 1.29 is 14.2 Å². The normalized spacial score (nSPS) is 10.9. The molecule has 29 heavy (non-hydrogen) atoms. The molecule has 0 fully saturated rings. The van der Waals surface area contributed by atoms with Crippen molar-refractivity contribution in [2.45, 2.75) is 6.92 Å². The first-order valence-electron chi connectivity index (χ1n) is 8.64. The summed E-state index contributed by atoms with van der Waals surface area (Å²) in [7, 11) is 3.16. The highest BCUT2D eigenvalue weighted by atomic mass is 35.5. The Hall–Kier alpha value is -2.48. The molecule has 3 rings (SSSR count). The van der Waals surface area contributed by atoms with Gasteiger partial charge in [-0.15, -0.1) is 11.3 Å². The minimum Gasteiger partial charge on any atom is -0.493 e. The fourth-order valence-corrected chi connectivity index (χ4v) is 3.73. The number of benzene rings is 2. The molecule has 9 heteroatoms. The van der Waals surface area contributed by atoms with Gasteiger partial charge in [-0.1, -0.05) is 23.2 Å². The molecule has 1 heterocycles.